The molecular formula is C16H27NO4. The summed E-state index contributed by atoms with van der Waals surface area (Å²) in [4.78, 5) is 12.8. The van der Waals surface area contributed by atoms with E-state index in [4.69, 9.17) is 9.47 Å². The zero-order chi connectivity index (χ0) is 15.2. The fraction of sp³-hybridized carbons (Fsp3) is 0.812. The first-order chi connectivity index (χ1) is 10.1. The van der Waals surface area contributed by atoms with Crippen molar-refractivity contribution < 1.29 is 19.4 Å². The van der Waals surface area contributed by atoms with E-state index in [1.54, 1.807) is 0 Å². The highest BCUT2D eigenvalue weighted by atomic mass is 16.7. The number of ether oxygens (including phenoxy) is 2. The van der Waals surface area contributed by atoms with Gasteiger partial charge in [0, 0.05) is 6.61 Å². The largest absolute Gasteiger partial charge is 0.465 e. The van der Waals surface area contributed by atoms with Crippen LogP contribution in [0.5, 0.6) is 0 Å². The lowest BCUT2D eigenvalue weighted by molar-refractivity contribution is -0.184. The minimum absolute atomic E-state index is 0.0575. The first kappa shape index (κ1) is 16.3. The molecule has 0 saturated carbocycles. The fourth-order valence-electron chi connectivity index (χ4n) is 2.87. The van der Waals surface area contributed by atoms with Crippen molar-refractivity contribution in [2.45, 2.75) is 64.4 Å². The average molecular weight is 297 g/mol. The Kier molecular flexibility index (Phi) is 6.06. The van der Waals surface area contributed by atoms with Crippen LogP contribution in [0.25, 0.3) is 0 Å². The van der Waals surface area contributed by atoms with Gasteiger partial charge in [0.25, 0.3) is 0 Å². The van der Waals surface area contributed by atoms with Crippen molar-refractivity contribution >= 4 is 6.09 Å². The average Bonchev–Trinajstić information content (AvgIpc) is 2.82. The highest BCUT2D eigenvalue weighted by Gasteiger charge is 2.35. The third kappa shape index (κ3) is 5.00. The second-order valence-corrected chi connectivity index (χ2v) is 6.35. The van der Waals surface area contributed by atoms with Crippen molar-refractivity contribution in [2.75, 3.05) is 13.2 Å². The zero-order valence-corrected chi connectivity index (χ0v) is 13.0. The van der Waals surface area contributed by atoms with Crippen molar-refractivity contribution in [1.29, 1.82) is 0 Å². The van der Waals surface area contributed by atoms with E-state index in [2.05, 4.69) is 19.9 Å². The molecule has 120 valence electrons. The molecule has 2 rings (SSSR count). The number of allylic oxidation sites excluding steroid dienone is 1. The molecule has 0 spiro atoms. The van der Waals surface area contributed by atoms with Gasteiger partial charge in [-0.05, 0) is 38.0 Å². The Balaban J connectivity index is 1.88. The molecule has 1 N–H and O–H groups in total. The quantitative estimate of drug-likeness (QED) is 0.791. The maximum Gasteiger partial charge on any atom is 0.407 e. The van der Waals surface area contributed by atoms with Gasteiger partial charge in [0.05, 0.1) is 18.7 Å². The lowest BCUT2D eigenvalue weighted by Crippen LogP contribution is -2.34. The van der Waals surface area contributed by atoms with Gasteiger partial charge < -0.3 is 14.6 Å². The van der Waals surface area contributed by atoms with Crippen molar-refractivity contribution in [3.8, 4) is 0 Å². The molecule has 5 nitrogen and oxygen atoms in total. The highest BCUT2D eigenvalue weighted by Crippen LogP contribution is 2.25. The summed E-state index contributed by atoms with van der Waals surface area (Å²) in [5, 5.41) is 9.32. The molecule has 0 aromatic rings. The molecule has 5 heteroatoms. The Morgan fingerprint density at radius 3 is 2.90 bits per heavy atom. The molecule has 2 heterocycles. The van der Waals surface area contributed by atoms with E-state index in [-0.39, 0.29) is 18.4 Å². The van der Waals surface area contributed by atoms with Gasteiger partial charge in [-0.15, -0.1) is 0 Å². The molecule has 0 aromatic carbocycles. The highest BCUT2D eigenvalue weighted by molar-refractivity contribution is 5.66. The number of nitrogens with zero attached hydrogens (tertiary/aromatic N) is 1. The van der Waals surface area contributed by atoms with E-state index in [9.17, 15) is 9.90 Å². The third-order valence-electron chi connectivity index (χ3n) is 4.00. The molecule has 0 aliphatic carbocycles. The predicted octanol–water partition coefficient (Wildman–Crippen LogP) is 3.25. The monoisotopic (exact) mass is 297 g/mol. The molecule has 2 aliphatic heterocycles. The molecule has 2 saturated heterocycles. The van der Waals surface area contributed by atoms with E-state index in [0.29, 0.717) is 12.5 Å². The van der Waals surface area contributed by atoms with Crippen LogP contribution in [0.4, 0.5) is 4.79 Å². The number of carbonyl (C=O) groups is 1. The second-order valence-electron chi connectivity index (χ2n) is 6.35. The van der Waals surface area contributed by atoms with Crippen LogP contribution in [-0.2, 0) is 9.47 Å². The molecule has 0 radical (unpaired) electrons. The van der Waals surface area contributed by atoms with Crippen LogP contribution in [0.15, 0.2) is 12.2 Å². The van der Waals surface area contributed by atoms with Gasteiger partial charge in [0.15, 0.2) is 6.29 Å². The molecule has 1 amide bonds. The standard InChI is InChI=1S/C16H27NO4/c1-12(2)6-5-7-13-10-14(11-17(13)16(18)19)21-15-8-3-4-9-20-15/h5,7,12-15H,3-4,6,8-11H2,1-2H3,(H,18,19)/b7-5+/t13-,14-,15?/m1/s1. The van der Waals surface area contributed by atoms with E-state index in [1.165, 1.54) is 4.90 Å². The second kappa shape index (κ2) is 7.80. The Morgan fingerprint density at radius 2 is 2.29 bits per heavy atom. The van der Waals surface area contributed by atoms with E-state index in [1.807, 2.05) is 6.08 Å². The van der Waals surface area contributed by atoms with Gasteiger partial charge in [-0.1, -0.05) is 26.0 Å². The molecule has 1 unspecified atom stereocenters. The fourth-order valence-corrected chi connectivity index (χ4v) is 2.87. The van der Waals surface area contributed by atoms with E-state index in [0.717, 1.165) is 38.7 Å². The minimum Gasteiger partial charge on any atom is -0.465 e. The van der Waals surface area contributed by atoms with Crippen LogP contribution >= 0.6 is 0 Å². The maximum atomic E-state index is 11.4. The normalized spacial score (nSPS) is 30.4. The Hall–Kier alpha value is -1.07. The van der Waals surface area contributed by atoms with E-state index >= 15 is 0 Å². The number of hydrogen-bond acceptors (Lipinski definition) is 3. The summed E-state index contributed by atoms with van der Waals surface area (Å²) < 4.78 is 11.5. The Bertz CT molecular complexity index is 363. The van der Waals surface area contributed by atoms with Crippen molar-refractivity contribution in [2.24, 2.45) is 5.92 Å². The molecule has 2 aliphatic rings. The van der Waals surface area contributed by atoms with Crippen LogP contribution in [0, 0.1) is 5.92 Å². The summed E-state index contributed by atoms with van der Waals surface area (Å²) in [6.07, 6.45) is 7.84. The van der Waals surface area contributed by atoms with Crippen LogP contribution in [-0.4, -0.2) is 47.7 Å². The predicted molar refractivity (Wildman–Crippen MR) is 80.2 cm³/mol. The number of amides is 1. The van der Waals surface area contributed by atoms with Gasteiger partial charge >= 0.3 is 6.09 Å². The molecule has 0 bridgehead atoms. The Morgan fingerprint density at radius 1 is 1.48 bits per heavy atom. The zero-order valence-electron chi connectivity index (χ0n) is 13.0. The number of rotatable bonds is 5. The van der Waals surface area contributed by atoms with Gasteiger partial charge in [0.1, 0.15) is 0 Å². The van der Waals surface area contributed by atoms with Crippen LogP contribution < -0.4 is 0 Å². The van der Waals surface area contributed by atoms with Crippen molar-refractivity contribution in [1.82, 2.24) is 4.90 Å². The molecule has 21 heavy (non-hydrogen) atoms. The summed E-state index contributed by atoms with van der Waals surface area (Å²) in [6.45, 7) is 5.49. The van der Waals surface area contributed by atoms with E-state index < -0.39 is 6.09 Å². The van der Waals surface area contributed by atoms with Crippen molar-refractivity contribution in [3.63, 3.8) is 0 Å². The molecule has 0 aromatic heterocycles. The van der Waals surface area contributed by atoms with Gasteiger partial charge in [-0.3, -0.25) is 4.90 Å². The van der Waals surface area contributed by atoms with Gasteiger partial charge in [-0.25, -0.2) is 4.79 Å². The first-order valence-electron chi connectivity index (χ1n) is 7.99. The van der Waals surface area contributed by atoms with Gasteiger partial charge in [0.2, 0.25) is 0 Å². The van der Waals surface area contributed by atoms with Crippen LogP contribution in [0.1, 0.15) is 46.0 Å². The molecular weight excluding hydrogens is 270 g/mol. The molecule has 3 atom stereocenters. The molecule has 2 fully saturated rings. The summed E-state index contributed by atoms with van der Waals surface area (Å²) in [5.41, 5.74) is 0. The third-order valence-corrected chi connectivity index (χ3v) is 4.00. The first-order valence-corrected chi connectivity index (χ1v) is 7.99. The SMILES string of the molecule is CC(C)C/C=C/[C@@H]1C[C@@H](OC2CCCCO2)CN1C(=O)O. The number of carboxylic acid groups (broad SMARTS) is 1. The number of likely N-dealkylation sites (tertiary alicyclic amines) is 1. The minimum atomic E-state index is -0.871. The van der Waals surface area contributed by atoms with Crippen LogP contribution in [0.3, 0.4) is 0 Å². The maximum absolute atomic E-state index is 11.4. The lowest BCUT2D eigenvalue weighted by atomic mass is 10.1. The van der Waals surface area contributed by atoms with Crippen LogP contribution in [0.2, 0.25) is 0 Å². The lowest BCUT2D eigenvalue weighted by Gasteiger charge is -2.25. The topological polar surface area (TPSA) is 59.0 Å². The van der Waals surface area contributed by atoms with Gasteiger partial charge in [-0.2, -0.15) is 0 Å². The summed E-state index contributed by atoms with van der Waals surface area (Å²) in [7, 11) is 0. The smallest absolute Gasteiger partial charge is 0.407 e. The summed E-state index contributed by atoms with van der Waals surface area (Å²) in [5.74, 6) is 0.587. The summed E-state index contributed by atoms with van der Waals surface area (Å²) in [6, 6.07) is -0.0742. The number of hydrogen-bond donors (Lipinski definition) is 1. The summed E-state index contributed by atoms with van der Waals surface area (Å²) >= 11 is 0. The van der Waals surface area contributed by atoms with Crippen molar-refractivity contribution in [3.05, 3.63) is 12.2 Å². The Labute approximate surface area is 126 Å².